The second kappa shape index (κ2) is 6.43. The van der Waals surface area contributed by atoms with Gasteiger partial charge in [0, 0.05) is 25.0 Å². The summed E-state index contributed by atoms with van der Waals surface area (Å²) in [5.74, 6) is 0.469. The smallest absolute Gasteiger partial charge is 0.296 e. The monoisotopic (exact) mass is 279 g/mol. The number of hydrogen-bond acceptors (Lipinski definition) is 1. The molecule has 0 spiro atoms. The highest BCUT2D eigenvalue weighted by Crippen LogP contribution is 2.29. The Morgan fingerprint density at radius 3 is 2.44 bits per heavy atom. The van der Waals surface area contributed by atoms with Gasteiger partial charge in [0.15, 0.2) is 0 Å². The van der Waals surface area contributed by atoms with Crippen LogP contribution in [-0.4, -0.2) is 23.4 Å². The summed E-state index contributed by atoms with van der Waals surface area (Å²) in [7, 11) is 0. The van der Waals surface area contributed by atoms with Crippen LogP contribution < -0.4 is 0 Å². The van der Waals surface area contributed by atoms with Crippen LogP contribution in [0.5, 0.6) is 0 Å². The first-order valence-corrected chi connectivity index (χ1v) is 6.34. The minimum absolute atomic E-state index is 0.248. The van der Waals surface area contributed by atoms with Crippen molar-refractivity contribution in [1.82, 2.24) is 4.90 Å². The highest BCUT2D eigenvalue weighted by Gasteiger charge is 2.30. The molecule has 1 aromatic rings. The zero-order chi connectivity index (χ0) is 13.8. The molecule has 0 heterocycles. The van der Waals surface area contributed by atoms with Gasteiger partial charge < -0.3 is 0 Å². The molecule has 0 saturated heterocycles. The molecule has 0 amide bonds. The Bertz CT molecular complexity index is 377. The summed E-state index contributed by atoms with van der Waals surface area (Å²) in [5.41, 5.74) is 0.0539. The molecular formula is C13H17ClF3N. The lowest BCUT2D eigenvalue weighted by atomic mass is 10.1. The van der Waals surface area contributed by atoms with E-state index >= 15 is 0 Å². The SMILES string of the molecule is CC(C)N(CCCl)Cc1cccc(C(F)(F)F)c1. The first-order chi connectivity index (χ1) is 8.34. The quantitative estimate of drug-likeness (QED) is 0.732. The number of halogens is 4. The summed E-state index contributed by atoms with van der Waals surface area (Å²) in [5, 5.41) is 0. The first kappa shape index (κ1) is 15.3. The molecule has 0 radical (unpaired) electrons. The standard InChI is InChI=1S/C13H17ClF3N/c1-10(2)18(7-6-14)9-11-4-3-5-12(8-11)13(15,16)17/h3-5,8,10H,6-7,9H2,1-2H3. The van der Waals surface area contributed by atoms with E-state index in [1.807, 2.05) is 18.7 Å². The average Bonchev–Trinajstić information content (AvgIpc) is 2.27. The lowest BCUT2D eigenvalue weighted by molar-refractivity contribution is -0.137. The molecule has 0 atom stereocenters. The zero-order valence-corrected chi connectivity index (χ0v) is 11.2. The second-order valence-corrected chi connectivity index (χ2v) is 4.83. The van der Waals surface area contributed by atoms with Crippen LogP contribution in [0.15, 0.2) is 24.3 Å². The molecule has 0 saturated carbocycles. The van der Waals surface area contributed by atoms with E-state index in [-0.39, 0.29) is 6.04 Å². The predicted molar refractivity (Wildman–Crippen MR) is 67.7 cm³/mol. The third-order valence-corrected chi connectivity index (χ3v) is 2.91. The minimum Gasteiger partial charge on any atom is -0.296 e. The maximum atomic E-state index is 12.6. The van der Waals surface area contributed by atoms with Gasteiger partial charge in [-0.25, -0.2) is 0 Å². The number of rotatable bonds is 5. The van der Waals surface area contributed by atoms with Crippen LogP contribution in [0.3, 0.4) is 0 Å². The number of nitrogens with zero attached hydrogens (tertiary/aromatic N) is 1. The molecule has 0 unspecified atom stereocenters. The lowest BCUT2D eigenvalue weighted by Crippen LogP contribution is -2.32. The van der Waals surface area contributed by atoms with Crippen LogP contribution in [-0.2, 0) is 12.7 Å². The Morgan fingerprint density at radius 1 is 1.28 bits per heavy atom. The van der Waals surface area contributed by atoms with Crippen molar-refractivity contribution < 1.29 is 13.2 Å². The summed E-state index contributed by atoms with van der Waals surface area (Å²) < 4.78 is 37.7. The molecule has 0 aromatic heterocycles. The minimum atomic E-state index is -4.29. The van der Waals surface area contributed by atoms with Crippen LogP contribution in [0.25, 0.3) is 0 Å². The molecule has 18 heavy (non-hydrogen) atoms. The van der Waals surface area contributed by atoms with Crippen molar-refractivity contribution in [3.63, 3.8) is 0 Å². The molecule has 1 rings (SSSR count). The third kappa shape index (κ3) is 4.50. The molecule has 1 aromatic carbocycles. The Labute approximate surface area is 111 Å². The highest BCUT2D eigenvalue weighted by atomic mass is 35.5. The molecule has 5 heteroatoms. The Morgan fingerprint density at radius 2 is 1.94 bits per heavy atom. The maximum Gasteiger partial charge on any atom is 0.416 e. The van der Waals surface area contributed by atoms with Crippen LogP contribution in [0.4, 0.5) is 13.2 Å². The van der Waals surface area contributed by atoms with Gasteiger partial charge in [0.1, 0.15) is 0 Å². The van der Waals surface area contributed by atoms with Crippen molar-refractivity contribution >= 4 is 11.6 Å². The van der Waals surface area contributed by atoms with Gasteiger partial charge in [-0.05, 0) is 25.5 Å². The molecule has 0 N–H and O–H groups in total. The Kier molecular flexibility index (Phi) is 5.47. The van der Waals surface area contributed by atoms with Crippen LogP contribution in [0.2, 0.25) is 0 Å². The van der Waals surface area contributed by atoms with E-state index in [1.54, 1.807) is 6.07 Å². The van der Waals surface area contributed by atoms with E-state index in [1.165, 1.54) is 12.1 Å². The normalized spacial score (nSPS) is 12.4. The van der Waals surface area contributed by atoms with Crippen molar-refractivity contribution in [3.05, 3.63) is 35.4 Å². The lowest BCUT2D eigenvalue weighted by Gasteiger charge is -2.25. The van der Waals surface area contributed by atoms with Crippen LogP contribution in [0.1, 0.15) is 25.0 Å². The zero-order valence-electron chi connectivity index (χ0n) is 10.5. The van der Waals surface area contributed by atoms with E-state index in [0.717, 1.165) is 6.07 Å². The number of hydrogen-bond donors (Lipinski definition) is 0. The fraction of sp³-hybridized carbons (Fsp3) is 0.538. The van der Waals surface area contributed by atoms with Crippen molar-refractivity contribution in [2.45, 2.75) is 32.6 Å². The fourth-order valence-corrected chi connectivity index (χ4v) is 1.93. The number of benzene rings is 1. The van der Waals surface area contributed by atoms with Gasteiger partial charge in [-0.15, -0.1) is 11.6 Å². The molecule has 1 nitrogen and oxygen atoms in total. The first-order valence-electron chi connectivity index (χ1n) is 5.80. The maximum absolute atomic E-state index is 12.6. The summed E-state index contributed by atoms with van der Waals surface area (Å²) in [6.45, 7) is 5.14. The van der Waals surface area contributed by atoms with Crippen LogP contribution in [0, 0.1) is 0 Å². The van der Waals surface area contributed by atoms with Gasteiger partial charge in [0.25, 0.3) is 0 Å². The second-order valence-electron chi connectivity index (χ2n) is 4.45. The van der Waals surface area contributed by atoms with Gasteiger partial charge in [0.2, 0.25) is 0 Å². The van der Waals surface area contributed by atoms with E-state index in [2.05, 4.69) is 0 Å². The van der Waals surface area contributed by atoms with Crippen molar-refractivity contribution in [2.75, 3.05) is 12.4 Å². The summed E-state index contributed by atoms with van der Waals surface area (Å²) in [6, 6.07) is 5.68. The summed E-state index contributed by atoms with van der Waals surface area (Å²) in [6.07, 6.45) is -4.29. The van der Waals surface area contributed by atoms with Crippen molar-refractivity contribution in [3.8, 4) is 0 Å². The van der Waals surface area contributed by atoms with Gasteiger partial charge in [-0.1, -0.05) is 18.2 Å². The number of alkyl halides is 4. The molecule has 0 fully saturated rings. The van der Waals surface area contributed by atoms with Gasteiger partial charge in [0.05, 0.1) is 5.56 Å². The fourth-order valence-electron chi connectivity index (χ4n) is 1.71. The predicted octanol–water partition coefficient (Wildman–Crippen LogP) is 4.15. The molecule has 0 bridgehead atoms. The third-order valence-electron chi connectivity index (χ3n) is 2.74. The topological polar surface area (TPSA) is 3.24 Å². The Hall–Kier alpha value is -0.740. The molecule has 0 aliphatic carbocycles. The summed E-state index contributed by atoms with van der Waals surface area (Å²) in [4.78, 5) is 2.04. The average molecular weight is 280 g/mol. The highest BCUT2D eigenvalue weighted by molar-refractivity contribution is 6.18. The molecular weight excluding hydrogens is 263 g/mol. The van der Waals surface area contributed by atoms with Gasteiger partial charge in [-0.3, -0.25) is 4.90 Å². The molecule has 0 aliphatic heterocycles. The molecule has 102 valence electrons. The van der Waals surface area contributed by atoms with E-state index < -0.39 is 11.7 Å². The van der Waals surface area contributed by atoms with E-state index in [0.29, 0.717) is 24.5 Å². The molecule has 0 aliphatic rings. The van der Waals surface area contributed by atoms with E-state index in [9.17, 15) is 13.2 Å². The van der Waals surface area contributed by atoms with E-state index in [4.69, 9.17) is 11.6 Å². The van der Waals surface area contributed by atoms with Crippen LogP contribution >= 0.6 is 11.6 Å². The largest absolute Gasteiger partial charge is 0.416 e. The van der Waals surface area contributed by atoms with Gasteiger partial charge >= 0.3 is 6.18 Å². The van der Waals surface area contributed by atoms with Crippen molar-refractivity contribution in [1.29, 1.82) is 0 Å². The Balaban J connectivity index is 2.83. The van der Waals surface area contributed by atoms with Crippen molar-refractivity contribution in [2.24, 2.45) is 0 Å². The van der Waals surface area contributed by atoms with Gasteiger partial charge in [-0.2, -0.15) is 13.2 Å². The summed E-state index contributed by atoms with van der Waals surface area (Å²) >= 11 is 5.69.